The third kappa shape index (κ3) is 2.49. The Hall–Kier alpha value is -1.44. The van der Waals surface area contributed by atoms with Crippen LogP contribution in [-0.2, 0) is 0 Å². The summed E-state index contributed by atoms with van der Waals surface area (Å²) in [5, 5.41) is 3.99. The lowest BCUT2D eigenvalue weighted by molar-refractivity contribution is 0.0658. The van der Waals surface area contributed by atoms with Gasteiger partial charge in [0.25, 0.3) is 5.91 Å². The van der Waals surface area contributed by atoms with Gasteiger partial charge in [0.05, 0.1) is 0 Å². The van der Waals surface area contributed by atoms with Gasteiger partial charge in [-0.3, -0.25) is 14.6 Å². The summed E-state index contributed by atoms with van der Waals surface area (Å²) < 4.78 is 1.95. The molecular formula is C12H17N5OS. The molecule has 0 unspecified atom stereocenters. The molecule has 0 bridgehead atoms. The number of likely N-dealkylation sites (N-methyl/N-ethyl adjacent to an activating group) is 1. The van der Waals surface area contributed by atoms with Crippen molar-refractivity contribution in [2.45, 2.75) is 6.92 Å². The maximum atomic E-state index is 12.1. The van der Waals surface area contributed by atoms with Crippen molar-refractivity contribution in [2.24, 2.45) is 0 Å². The second kappa shape index (κ2) is 4.92. The average Bonchev–Trinajstić information content (AvgIpc) is 2.95. The van der Waals surface area contributed by atoms with E-state index in [0.717, 1.165) is 36.8 Å². The lowest BCUT2D eigenvalue weighted by atomic mass is 10.4. The summed E-state index contributed by atoms with van der Waals surface area (Å²) in [6.07, 6.45) is 1.80. The number of aromatic nitrogens is 2. The SMILES string of the molecule is Cc1csc2nc(C(=O)NN3CCN(C)CC3)cn12. The van der Waals surface area contributed by atoms with Crippen LogP contribution in [0.4, 0.5) is 0 Å². The Morgan fingerprint density at radius 2 is 2.11 bits per heavy atom. The summed E-state index contributed by atoms with van der Waals surface area (Å²) in [6, 6.07) is 0. The minimum Gasteiger partial charge on any atom is -0.304 e. The smallest absolute Gasteiger partial charge is 0.285 e. The summed E-state index contributed by atoms with van der Waals surface area (Å²) in [7, 11) is 2.09. The Kier molecular flexibility index (Phi) is 3.26. The highest BCUT2D eigenvalue weighted by Gasteiger charge is 2.18. The first-order valence-electron chi connectivity index (χ1n) is 6.31. The molecule has 7 heteroatoms. The number of carbonyl (C=O) groups excluding carboxylic acids is 1. The molecule has 2 aromatic heterocycles. The molecule has 102 valence electrons. The Balaban J connectivity index is 1.69. The number of carbonyl (C=O) groups is 1. The molecule has 0 aliphatic carbocycles. The van der Waals surface area contributed by atoms with E-state index < -0.39 is 0 Å². The van der Waals surface area contributed by atoms with Gasteiger partial charge in [0.2, 0.25) is 0 Å². The number of piperazine rings is 1. The predicted octanol–water partition coefficient (Wildman–Crippen LogP) is 0.596. The zero-order valence-corrected chi connectivity index (χ0v) is 11.9. The summed E-state index contributed by atoms with van der Waals surface area (Å²) >= 11 is 1.55. The van der Waals surface area contributed by atoms with Crippen molar-refractivity contribution in [3.63, 3.8) is 0 Å². The molecule has 2 aromatic rings. The fraction of sp³-hybridized carbons (Fsp3) is 0.500. The second-order valence-corrected chi connectivity index (χ2v) is 5.72. The van der Waals surface area contributed by atoms with E-state index in [1.54, 1.807) is 17.5 Å². The molecular weight excluding hydrogens is 262 g/mol. The van der Waals surface area contributed by atoms with Crippen LogP contribution < -0.4 is 5.43 Å². The number of rotatable bonds is 2. The van der Waals surface area contributed by atoms with Crippen LogP contribution in [0.1, 0.15) is 16.2 Å². The van der Waals surface area contributed by atoms with E-state index in [1.165, 1.54) is 0 Å². The molecule has 0 aromatic carbocycles. The van der Waals surface area contributed by atoms with Crippen LogP contribution in [0.15, 0.2) is 11.6 Å². The maximum Gasteiger partial charge on any atom is 0.285 e. The van der Waals surface area contributed by atoms with Crippen LogP contribution in [0.2, 0.25) is 0 Å². The van der Waals surface area contributed by atoms with E-state index in [-0.39, 0.29) is 5.91 Å². The fourth-order valence-corrected chi connectivity index (χ4v) is 2.97. The highest BCUT2D eigenvalue weighted by Crippen LogP contribution is 2.15. The number of aryl methyl sites for hydroxylation is 1. The fourth-order valence-electron chi connectivity index (χ4n) is 2.12. The van der Waals surface area contributed by atoms with Crippen molar-refractivity contribution in [1.29, 1.82) is 0 Å². The highest BCUT2D eigenvalue weighted by atomic mass is 32.1. The van der Waals surface area contributed by atoms with Crippen molar-refractivity contribution in [1.82, 2.24) is 24.7 Å². The number of fused-ring (bicyclic) bond motifs is 1. The standard InChI is InChI=1S/C12H17N5OS/c1-9-8-19-12-13-10(7-17(9)12)11(18)14-16-5-3-15(2)4-6-16/h7-8H,3-6H2,1-2H3,(H,14,18). The molecule has 3 heterocycles. The van der Waals surface area contributed by atoms with Gasteiger partial charge in [-0.2, -0.15) is 0 Å². The molecule has 1 aliphatic heterocycles. The third-order valence-electron chi connectivity index (χ3n) is 3.38. The lowest BCUT2D eigenvalue weighted by Gasteiger charge is -2.32. The highest BCUT2D eigenvalue weighted by molar-refractivity contribution is 7.15. The number of hydrogen-bond acceptors (Lipinski definition) is 5. The zero-order valence-electron chi connectivity index (χ0n) is 11.1. The number of hydrogen-bond donors (Lipinski definition) is 1. The molecule has 1 aliphatic rings. The number of hydrazine groups is 1. The van der Waals surface area contributed by atoms with Crippen LogP contribution >= 0.6 is 11.3 Å². The monoisotopic (exact) mass is 279 g/mol. The Bertz CT molecular complexity index is 596. The zero-order chi connectivity index (χ0) is 13.4. The minimum absolute atomic E-state index is 0.125. The molecule has 6 nitrogen and oxygen atoms in total. The molecule has 0 spiro atoms. The van der Waals surface area contributed by atoms with E-state index in [2.05, 4.69) is 22.4 Å². The number of nitrogens with zero attached hydrogens (tertiary/aromatic N) is 4. The first-order chi connectivity index (χ1) is 9.13. The first-order valence-corrected chi connectivity index (χ1v) is 7.19. The maximum absolute atomic E-state index is 12.1. The molecule has 1 N–H and O–H groups in total. The quantitative estimate of drug-likeness (QED) is 0.874. The molecule has 3 rings (SSSR count). The van der Waals surface area contributed by atoms with Crippen LogP contribution in [0.25, 0.3) is 4.96 Å². The van der Waals surface area contributed by atoms with Gasteiger partial charge in [0.15, 0.2) is 4.96 Å². The van der Waals surface area contributed by atoms with Gasteiger partial charge in [-0.15, -0.1) is 11.3 Å². The van der Waals surface area contributed by atoms with E-state index >= 15 is 0 Å². The summed E-state index contributed by atoms with van der Waals surface area (Å²) in [6.45, 7) is 5.65. The average molecular weight is 279 g/mol. The molecule has 1 saturated heterocycles. The number of thiazole rings is 1. The van der Waals surface area contributed by atoms with E-state index in [1.807, 2.05) is 21.7 Å². The van der Waals surface area contributed by atoms with Gasteiger partial charge in [-0.05, 0) is 14.0 Å². The van der Waals surface area contributed by atoms with Gasteiger partial charge in [-0.1, -0.05) is 0 Å². The third-order valence-corrected chi connectivity index (χ3v) is 4.34. The van der Waals surface area contributed by atoms with Gasteiger partial charge in [0.1, 0.15) is 5.69 Å². The molecule has 0 atom stereocenters. The van der Waals surface area contributed by atoms with E-state index in [0.29, 0.717) is 5.69 Å². The molecule has 1 amide bonds. The van der Waals surface area contributed by atoms with Gasteiger partial charge < -0.3 is 4.90 Å². The van der Waals surface area contributed by atoms with E-state index in [9.17, 15) is 4.79 Å². The second-order valence-electron chi connectivity index (χ2n) is 4.89. The topological polar surface area (TPSA) is 52.9 Å². The summed E-state index contributed by atoms with van der Waals surface area (Å²) in [5.74, 6) is -0.125. The summed E-state index contributed by atoms with van der Waals surface area (Å²) in [5.41, 5.74) is 4.51. The Morgan fingerprint density at radius 3 is 2.79 bits per heavy atom. The minimum atomic E-state index is -0.125. The normalized spacial score (nSPS) is 18.0. The molecule has 1 fully saturated rings. The summed E-state index contributed by atoms with van der Waals surface area (Å²) in [4.78, 5) is 19.6. The van der Waals surface area contributed by atoms with Crippen LogP contribution in [0.3, 0.4) is 0 Å². The molecule has 0 radical (unpaired) electrons. The predicted molar refractivity (Wildman–Crippen MR) is 74.3 cm³/mol. The Labute approximate surface area is 115 Å². The van der Waals surface area contributed by atoms with Crippen molar-refractivity contribution >= 4 is 22.2 Å². The van der Waals surface area contributed by atoms with Gasteiger partial charge in [-0.25, -0.2) is 9.99 Å². The van der Waals surface area contributed by atoms with Gasteiger partial charge in [0, 0.05) is 43.4 Å². The number of amides is 1. The largest absolute Gasteiger partial charge is 0.304 e. The van der Waals surface area contributed by atoms with Gasteiger partial charge >= 0.3 is 0 Å². The first kappa shape index (κ1) is 12.6. The van der Waals surface area contributed by atoms with E-state index in [4.69, 9.17) is 0 Å². The van der Waals surface area contributed by atoms with Crippen molar-refractivity contribution < 1.29 is 4.79 Å². The Morgan fingerprint density at radius 1 is 1.37 bits per heavy atom. The molecule has 19 heavy (non-hydrogen) atoms. The van der Waals surface area contributed by atoms with Crippen molar-refractivity contribution in [3.8, 4) is 0 Å². The van der Waals surface area contributed by atoms with Crippen LogP contribution in [-0.4, -0.2) is 58.4 Å². The molecule has 0 saturated carbocycles. The number of imidazole rings is 1. The van der Waals surface area contributed by atoms with Crippen LogP contribution in [0.5, 0.6) is 0 Å². The number of nitrogens with one attached hydrogen (secondary N) is 1. The van der Waals surface area contributed by atoms with Crippen LogP contribution in [0, 0.1) is 6.92 Å². The van der Waals surface area contributed by atoms with Crippen molar-refractivity contribution in [2.75, 3.05) is 33.2 Å². The van der Waals surface area contributed by atoms with Crippen molar-refractivity contribution in [3.05, 3.63) is 23.0 Å². The lowest BCUT2D eigenvalue weighted by Crippen LogP contribution is -2.52.